The minimum atomic E-state index is -0.673. The van der Waals surface area contributed by atoms with Gasteiger partial charge < -0.3 is 9.72 Å². The minimum Gasteiger partial charge on any atom is -0.454 e. The van der Waals surface area contributed by atoms with E-state index in [-0.39, 0.29) is 28.6 Å². The SMILES string of the molecule is N#Cc1cc(Oc2c(F)cc3[nH]ccc3c2Cc2cnc(Cl)cn2)ccc1F. The molecule has 0 bridgehead atoms. The van der Waals surface area contributed by atoms with Crippen molar-refractivity contribution in [2.24, 2.45) is 0 Å². The highest BCUT2D eigenvalue weighted by Crippen LogP contribution is 2.36. The van der Waals surface area contributed by atoms with E-state index in [1.54, 1.807) is 18.3 Å². The summed E-state index contributed by atoms with van der Waals surface area (Å²) in [6, 6.07) is 8.51. The highest BCUT2D eigenvalue weighted by molar-refractivity contribution is 6.29. The van der Waals surface area contributed by atoms with Gasteiger partial charge in [-0.1, -0.05) is 11.6 Å². The molecule has 2 heterocycles. The van der Waals surface area contributed by atoms with Crippen LogP contribution in [0.3, 0.4) is 0 Å². The van der Waals surface area contributed by atoms with Crippen LogP contribution in [0, 0.1) is 23.0 Å². The molecule has 0 radical (unpaired) electrons. The molecule has 0 aliphatic heterocycles. The number of aromatic amines is 1. The van der Waals surface area contributed by atoms with Gasteiger partial charge in [-0.3, -0.25) is 4.98 Å². The van der Waals surface area contributed by atoms with Crippen molar-refractivity contribution < 1.29 is 13.5 Å². The summed E-state index contributed by atoms with van der Waals surface area (Å²) in [4.78, 5) is 11.2. The van der Waals surface area contributed by atoms with Gasteiger partial charge in [-0.05, 0) is 18.2 Å². The van der Waals surface area contributed by atoms with Crippen LogP contribution in [0.15, 0.2) is 48.9 Å². The van der Waals surface area contributed by atoms with Crippen LogP contribution in [0.4, 0.5) is 8.78 Å². The fourth-order valence-electron chi connectivity index (χ4n) is 2.89. The number of halogens is 3. The summed E-state index contributed by atoms with van der Waals surface area (Å²) in [6.07, 6.45) is 4.83. The first-order valence-corrected chi connectivity index (χ1v) is 8.55. The van der Waals surface area contributed by atoms with E-state index in [0.717, 1.165) is 11.5 Å². The van der Waals surface area contributed by atoms with Crippen molar-refractivity contribution in [2.75, 3.05) is 0 Å². The Bertz CT molecular complexity index is 1220. The summed E-state index contributed by atoms with van der Waals surface area (Å²) in [5, 5.41) is 10.00. The van der Waals surface area contributed by atoms with E-state index >= 15 is 0 Å². The molecule has 4 rings (SSSR count). The molecule has 0 amide bonds. The van der Waals surface area contributed by atoms with E-state index in [9.17, 15) is 8.78 Å². The Balaban J connectivity index is 1.82. The third-order valence-corrected chi connectivity index (χ3v) is 4.37. The van der Waals surface area contributed by atoms with Crippen LogP contribution in [0.25, 0.3) is 10.9 Å². The van der Waals surface area contributed by atoms with E-state index in [4.69, 9.17) is 21.6 Å². The summed E-state index contributed by atoms with van der Waals surface area (Å²) >= 11 is 5.78. The predicted octanol–water partition coefficient (Wildman–Crippen LogP) is 5.14. The molecule has 2 aromatic heterocycles. The van der Waals surface area contributed by atoms with Gasteiger partial charge in [-0.25, -0.2) is 13.8 Å². The third-order valence-electron chi connectivity index (χ3n) is 4.18. The largest absolute Gasteiger partial charge is 0.454 e. The molecule has 28 heavy (non-hydrogen) atoms. The first-order valence-electron chi connectivity index (χ1n) is 8.17. The van der Waals surface area contributed by atoms with Crippen molar-refractivity contribution in [3.63, 3.8) is 0 Å². The molecule has 0 saturated carbocycles. The molecule has 5 nitrogen and oxygen atoms in total. The number of nitriles is 1. The van der Waals surface area contributed by atoms with Gasteiger partial charge >= 0.3 is 0 Å². The number of ether oxygens (including phenoxy) is 1. The van der Waals surface area contributed by atoms with Crippen LogP contribution in [0.5, 0.6) is 11.5 Å². The second kappa shape index (κ2) is 7.25. The maximum Gasteiger partial charge on any atom is 0.168 e. The maximum absolute atomic E-state index is 14.8. The number of fused-ring (bicyclic) bond motifs is 1. The number of nitrogens with zero attached hydrogens (tertiary/aromatic N) is 3. The Labute approximate surface area is 163 Å². The smallest absolute Gasteiger partial charge is 0.168 e. The van der Waals surface area contributed by atoms with Crippen molar-refractivity contribution in [1.29, 1.82) is 5.26 Å². The molecule has 0 spiro atoms. The Morgan fingerprint density at radius 2 is 1.96 bits per heavy atom. The van der Waals surface area contributed by atoms with Crippen LogP contribution >= 0.6 is 11.6 Å². The Morgan fingerprint density at radius 3 is 2.71 bits per heavy atom. The molecular formula is C20H11ClF2N4O. The molecule has 0 saturated heterocycles. The van der Waals surface area contributed by atoms with Gasteiger partial charge in [0.1, 0.15) is 22.8 Å². The van der Waals surface area contributed by atoms with Crippen molar-refractivity contribution in [3.8, 4) is 17.6 Å². The average Bonchev–Trinajstić information content (AvgIpc) is 3.15. The monoisotopic (exact) mass is 396 g/mol. The number of hydrogen-bond acceptors (Lipinski definition) is 4. The van der Waals surface area contributed by atoms with Gasteiger partial charge in [0.25, 0.3) is 0 Å². The first-order chi connectivity index (χ1) is 13.5. The van der Waals surface area contributed by atoms with Gasteiger partial charge in [0.2, 0.25) is 0 Å². The normalized spacial score (nSPS) is 10.8. The molecule has 8 heteroatoms. The second-order valence-electron chi connectivity index (χ2n) is 5.97. The van der Waals surface area contributed by atoms with Crippen LogP contribution in [-0.4, -0.2) is 15.0 Å². The summed E-state index contributed by atoms with van der Waals surface area (Å²) in [5.74, 6) is -1.16. The standard InChI is InChI=1S/C20H11ClF2N4O/c21-19-10-26-12(9-27-19)6-15-14-3-4-25-18(14)7-17(23)20(15)28-13-1-2-16(22)11(5-13)8-24/h1-5,7,9-10,25H,6H2. The van der Waals surface area contributed by atoms with Gasteiger partial charge in [0, 0.05) is 41.2 Å². The van der Waals surface area contributed by atoms with Crippen LogP contribution in [-0.2, 0) is 6.42 Å². The summed E-state index contributed by atoms with van der Waals surface area (Å²) in [7, 11) is 0. The highest BCUT2D eigenvalue weighted by Gasteiger charge is 2.18. The fraction of sp³-hybridized carbons (Fsp3) is 0.0500. The lowest BCUT2D eigenvalue weighted by Crippen LogP contribution is -2.00. The van der Waals surface area contributed by atoms with E-state index in [1.165, 1.54) is 30.6 Å². The predicted molar refractivity (Wildman–Crippen MR) is 99.3 cm³/mol. The fourth-order valence-corrected chi connectivity index (χ4v) is 2.99. The van der Waals surface area contributed by atoms with Gasteiger partial charge in [0.05, 0.1) is 23.7 Å². The molecule has 0 fully saturated rings. The third kappa shape index (κ3) is 3.38. The van der Waals surface area contributed by atoms with E-state index in [1.807, 2.05) is 0 Å². The average molecular weight is 397 g/mol. The molecule has 0 aliphatic carbocycles. The molecule has 0 unspecified atom stereocenters. The molecular weight excluding hydrogens is 386 g/mol. The number of aromatic nitrogens is 3. The highest BCUT2D eigenvalue weighted by atomic mass is 35.5. The van der Waals surface area contributed by atoms with Crippen LogP contribution in [0.2, 0.25) is 5.15 Å². The quantitative estimate of drug-likeness (QED) is 0.518. The van der Waals surface area contributed by atoms with Gasteiger partial charge in [0.15, 0.2) is 11.6 Å². The molecule has 1 N–H and O–H groups in total. The lowest BCUT2D eigenvalue weighted by Gasteiger charge is -2.14. The molecule has 4 aromatic rings. The van der Waals surface area contributed by atoms with E-state index < -0.39 is 11.6 Å². The Kier molecular flexibility index (Phi) is 4.63. The number of rotatable bonds is 4. The van der Waals surface area contributed by atoms with Crippen molar-refractivity contribution in [1.82, 2.24) is 15.0 Å². The molecule has 0 atom stereocenters. The number of hydrogen-bond donors (Lipinski definition) is 1. The first kappa shape index (κ1) is 17.9. The number of benzene rings is 2. The zero-order chi connectivity index (χ0) is 19.7. The zero-order valence-electron chi connectivity index (χ0n) is 14.2. The molecule has 138 valence electrons. The van der Waals surface area contributed by atoms with Crippen molar-refractivity contribution in [2.45, 2.75) is 6.42 Å². The van der Waals surface area contributed by atoms with Crippen LogP contribution in [0.1, 0.15) is 16.8 Å². The van der Waals surface area contributed by atoms with Crippen LogP contribution < -0.4 is 4.74 Å². The van der Waals surface area contributed by atoms with E-state index in [0.29, 0.717) is 16.8 Å². The number of nitrogens with one attached hydrogen (secondary N) is 1. The molecule has 2 aromatic carbocycles. The second-order valence-corrected chi connectivity index (χ2v) is 6.35. The van der Waals surface area contributed by atoms with Crippen molar-refractivity contribution in [3.05, 3.63) is 82.5 Å². The van der Waals surface area contributed by atoms with Crippen molar-refractivity contribution >= 4 is 22.5 Å². The lowest BCUT2D eigenvalue weighted by atomic mass is 10.0. The van der Waals surface area contributed by atoms with E-state index in [2.05, 4.69) is 15.0 Å². The van der Waals surface area contributed by atoms with Gasteiger partial charge in [-0.15, -0.1) is 0 Å². The number of H-pyrrole nitrogens is 1. The Hall–Kier alpha value is -3.50. The summed E-state index contributed by atoms with van der Waals surface area (Å²) in [6.45, 7) is 0. The topological polar surface area (TPSA) is 74.6 Å². The minimum absolute atomic E-state index is 0.0284. The summed E-state index contributed by atoms with van der Waals surface area (Å²) < 4.78 is 34.1. The van der Waals surface area contributed by atoms with Gasteiger partial charge in [-0.2, -0.15) is 5.26 Å². The molecule has 0 aliphatic rings. The lowest BCUT2D eigenvalue weighted by molar-refractivity contribution is 0.437. The Morgan fingerprint density at radius 1 is 1.11 bits per heavy atom. The maximum atomic E-state index is 14.8. The zero-order valence-corrected chi connectivity index (χ0v) is 15.0. The summed E-state index contributed by atoms with van der Waals surface area (Å²) in [5.41, 5.74) is 1.51.